The van der Waals surface area contributed by atoms with E-state index in [0.29, 0.717) is 10.6 Å². The van der Waals surface area contributed by atoms with Gasteiger partial charge in [0.25, 0.3) is 0 Å². The van der Waals surface area contributed by atoms with E-state index in [0.717, 1.165) is 4.88 Å². The summed E-state index contributed by atoms with van der Waals surface area (Å²) < 4.78 is 13.7. The van der Waals surface area contributed by atoms with Gasteiger partial charge in [-0.15, -0.1) is 11.3 Å². The quantitative estimate of drug-likeness (QED) is 0.656. The summed E-state index contributed by atoms with van der Waals surface area (Å²) in [6, 6.07) is 8.79. The van der Waals surface area contributed by atoms with Gasteiger partial charge in [0, 0.05) is 20.3 Å². The Bertz CT molecular complexity index is 509. The van der Waals surface area contributed by atoms with Crippen molar-refractivity contribution in [2.75, 3.05) is 0 Å². The van der Waals surface area contributed by atoms with Gasteiger partial charge in [-0.3, -0.25) is 0 Å². The summed E-state index contributed by atoms with van der Waals surface area (Å²) in [5.74, 6) is -0.277. The number of aryl methyl sites for hydroxylation is 1. The molecule has 0 amide bonds. The number of alkyl halides is 1. The lowest BCUT2D eigenvalue weighted by molar-refractivity contribution is 0.614. The SMILES string of the molecule is Cc1ccc(C(Br)c2ccc(Cl)cc2F)s1. The lowest BCUT2D eigenvalue weighted by Crippen LogP contribution is -1.93. The molecular formula is C12H9BrClFS. The van der Waals surface area contributed by atoms with Gasteiger partial charge in [-0.05, 0) is 31.2 Å². The largest absolute Gasteiger partial charge is 0.207 e. The van der Waals surface area contributed by atoms with Gasteiger partial charge in [0.15, 0.2) is 0 Å². The van der Waals surface area contributed by atoms with Crippen molar-refractivity contribution < 1.29 is 4.39 Å². The molecule has 0 radical (unpaired) electrons. The first-order chi connectivity index (χ1) is 7.58. The Kier molecular flexibility index (Phi) is 3.67. The summed E-state index contributed by atoms with van der Waals surface area (Å²) in [6.07, 6.45) is 0. The van der Waals surface area contributed by atoms with E-state index in [1.807, 2.05) is 19.1 Å². The topological polar surface area (TPSA) is 0 Å². The standard InChI is InChI=1S/C12H9BrClFS/c1-7-2-5-11(16-7)12(13)9-4-3-8(14)6-10(9)15/h2-6,12H,1H3. The zero-order valence-corrected chi connectivity index (χ0v) is 11.7. The second-order valence-corrected chi connectivity index (χ2v) is 6.15. The average molecular weight is 320 g/mol. The van der Waals surface area contributed by atoms with E-state index in [9.17, 15) is 4.39 Å². The van der Waals surface area contributed by atoms with E-state index in [4.69, 9.17) is 11.6 Å². The van der Waals surface area contributed by atoms with E-state index in [1.165, 1.54) is 10.9 Å². The molecular weight excluding hydrogens is 311 g/mol. The number of thiophene rings is 1. The third-order valence-electron chi connectivity index (χ3n) is 2.25. The first-order valence-corrected chi connectivity index (χ1v) is 6.84. The van der Waals surface area contributed by atoms with Crippen LogP contribution in [0.4, 0.5) is 4.39 Å². The third kappa shape index (κ3) is 2.47. The van der Waals surface area contributed by atoms with Crippen LogP contribution in [0.25, 0.3) is 0 Å². The molecule has 0 nitrogen and oxygen atoms in total. The number of rotatable bonds is 2. The number of benzene rings is 1. The molecule has 0 saturated carbocycles. The van der Waals surface area contributed by atoms with E-state index >= 15 is 0 Å². The Balaban J connectivity index is 2.37. The lowest BCUT2D eigenvalue weighted by Gasteiger charge is -2.09. The number of halogens is 3. The van der Waals surface area contributed by atoms with Crippen LogP contribution in [-0.4, -0.2) is 0 Å². The van der Waals surface area contributed by atoms with E-state index in [2.05, 4.69) is 15.9 Å². The van der Waals surface area contributed by atoms with Crippen molar-refractivity contribution in [2.24, 2.45) is 0 Å². The smallest absolute Gasteiger partial charge is 0.129 e. The molecule has 0 aliphatic rings. The van der Waals surface area contributed by atoms with Crippen molar-refractivity contribution in [3.8, 4) is 0 Å². The van der Waals surface area contributed by atoms with Gasteiger partial charge in [-0.2, -0.15) is 0 Å². The second-order valence-electron chi connectivity index (χ2n) is 3.48. The summed E-state index contributed by atoms with van der Waals surface area (Å²) in [7, 11) is 0. The lowest BCUT2D eigenvalue weighted by atomic mass is 10.1. The maximum Gasteiger partial charge on any atom is 0.129 e. The van der Waals surface area contributed by atoms with E-state index in [-0.39, 0.29) is 10.6 Å². The fourth-order valence-corrected chi connectivity index (χ4v) is 3.29. The normalized spacial score (nSPS) is 12.8. The molecule has 0 N–H and O–H groups in total. The Morgan fingerprint density at radius 1 is 1.31 bits per heavy atom. The number of hydrogen-bond acceptors (Lipinski definition) is 1. The molecule has 0 aliphatic heterocycles. The summed E-state index contributed by atoms with van der Waals surface area (Å²) >= 11 is 10.9. The van der Waals surface area contributed by atoms with Crippen LogP contribution in [0.2, 0.25) is 5.02 Å². The average Bonchev–Trinajstić information content (AvgIpc) is 2.64. The van der Waals surface area contributed by atoms with Crippen molar-refractivity contribution >= 4 is 38.9 Å². The summed E-state index contributed by atoms with van der Waals surface area (Å²) in [5, 5.41) is 0.420. The van der Waals surface area contributed by atoms with Crippen LogP contribution in [0.1, 0.15) is 20.1 Å². The minimum absolute atomic E-state index is 0.108. The Hall–Kier alpha value is -0.380. The van der Waals surface area contributed by atoms with Crippen LogP contribution < -0.4 is 0 Å². The highest BCUT2D eigenvalue weighted by molar-refractivity contribution is 9.09. The molecule has 0 bridgehead atoms. The second kappa shape index (κ2) is 4.86. The molecule has 2 aromatic rings. The highest BCUT2D eigenvalue weighted by Gasteiger charge is 2.16. The van der Waals surface area contributed by atoms with Gasteiger partial charge in [0.05, 0.1) is 4.83 Å². The minimum Gasteiger partial charge on any atom is -0.207 e. The van der Waals surface area contributed by atoms with Crippen LogP contribution in [0.5, 0.6) is 0 Å². The Morgan fingerprint density at radius 2 is 2.06 bits per heavy atom. The molecule has 0 saturated heterocycles. The summed E-state index contributed by atoms with van der Waals surface area (Å²) in [6.45, 7) is 2.03. The van der Waals surface area contributed by atoms with Gasteiger partial charge in [-0.25, -0.2) is 4.39 Å². The van der Waals surface area contributed by atoms with Crippen LogP contribution >= 0.6 is 38.9 Å². The molecule has 0 aliphatic carbocycles. The monoisotopic (exact) mass is 318 g/mol. The van der Waals surface area contributed by atoms with Crippen LogP contribution in [0.15, 0.2) is 30.3 Å². The molecule has 1 atom stereocenters. The van der Waals surface area contributed by atoms with Gasteiger partial charge in [0.2, 0.25) is 0 Å². The highest BCUT2D eigenvalue weighted by Crippen LogP contribution is 2.36. The molecule has 0 spiro atoms. The third-order valence-corrected chi connectivity index (χ3v) is 4.84. The Morgan fingerprint density at radius 3 is 2.62 bits per heavy atom. The summed E-state index contributed by atoms with van der Waals surface area (Å²) in [4.78, 5) is 2.20. The highest BCUT2D eigenvalue weighted by atomic mass is 79.9. The number of hydrogen-bond donors (Lipinski definition) is 0. The fraction of sp³-hybridized carbons (Fsp3) is 0.167. The maximum atomic E-state index is 13.7. The minimum atomic E-state index is -0.277. The molecule has 0 fully saturated rings. The predicted molar refractivity (Wildman–Crippen MR) is 71.2 cm³/mol. The van der Waals surface area contributed by atoms with Gasteiger partial charge in [-0.1, -0.05) is 33.6 Å². The maximum absolute atomic E-state index is 13.7. The molecule has 16 heavy (non-hydrogen) atoms. The zero-order chi connectivity index (χ0) is 11.7. The molecule has 1 heterocycles. The van der Waals surface area contributed by atoms with Crippen LogP contribution in [0.3, 0.4) is 0 Å². The van der Waals surface area contributed by atoms with E-state index < -0.39 is 0 Å². The van der Waals surface area contributed by atoms with Crippen molar-refractivity contribution in [2.45, 2.75) is 11.8 Å². The first kappa shape index (κ1) is 12.1. The van der Waals surface area contributed by atoms with Gasteiger partial charge in [0.1, 0.15) is 5.82 Å². The molecule has 1 unspecified atom stereocenters. The fourth-order valence-electron chi connectivity index (χ4n) is 1.45. The Labute approximate surface area is 111 Å². The van der Waals surface area contributed by atoms with Crippen molar-refractivity contribution in [3.63, 3.8) is 0 Å². The van der Waals surface area contributed by atoms with Crippen molar-refractivity contribution in [3.05, 3.63) is 56.5 Å². The molecule has 1 aromatic carbocycles. The molecule has 1 aromatic heterocycles. The van der Waals surface area contributed by atoms with Crippen LogP contribution in [0, 0.1) is 12.7 Å². The van der Waals surface area contributed by atoms with Crippen LogP contribution in [-0.2, 0) is 0 Å². The van der Waals surface area contributed by atoms with Gasteiger partial charge >= 0.3 is 0 Å². The summed E-state index contributed by atoms with van der Waals surface area (Å²) in [5.41, 5.74) is 0.617. The van der Waals surface area contributed by atoms with Crippen molar-refractivity contribution in [1.82, 2.24) is 0 Å². The predicted octanol–water partition coefficient (Wildman–Crippen LogP) is 5.33. The molecule has 4 heteroatoms. The molecule has 84 valence electrons. The molecule has 2 rings (SSSR count). The van der Waals surface area contributed by atoms with Gasteiger partial charge < -0.3 is 0 Å². The first-order valence-electron chi connectivity index (χ1n) is 4.73. The van der Waals surface area contributed by atoms with Crippen molar-refractivity contribution in [1.29, 1.82) is 0 Å². The zero-order valence-electron chi connectivity index (χ0n) is 8.51. The van der Waals surface area contributed by atoms with E-state index in [1.54, 1.807) is 23.5 Å².